The van der Waals surface area contributed by atoms with Gasteiger partial charge in [0, 0.05) is 24.2 Å². The van der Waals surface area contributed by atoms with Gasteiger partial charge in [-0.2, -0.15) is 0 Å². The molecule has 1 aliphatic rings. The molecule has 0 spiro atoms. The number of nitrogens with zero attached hydrogens (tertiary/aromatic N) is 2. The number of phenols is 1. The predicted octanol–water partition coefficient (Wildman–Crippen LogP) is 4.81. The van der Waals surface area contributed by atoms with E-state index >= 15 is 0 Å². The molecule has 1 aliphatic heterocycles. The maximum Gasteiger partial charge on any atom is 0.191 e. The van der Waals surface area contributed by atoms with Crippen LogP contribution in [0.25, 0.3) is 0 Å². The van der Waals surface area contributed by atoms with E-state index in [1.165, 1.54) is 12.0 Å². The van der Waals surface area contributed by atoms with Crippen molar-refractivity contribution in [3.63, 3.8) is 0 Å². The summed E-state index contributed by atoms with van der Waals surface area (Å²) in [5.74, 6) is 1.82. The average molecular weight is 573 g/mol. The van der Waals surface area contributed by atoms with Crippen molar-refractivity contribution in [3.05, 3.63) is 58.6 Å². The maximum atomic E-state index is 10.00. The number of aromatic hydroxyl groups is 1. The van der Waals surface area contributed by atoms with Gasteiger partial charge in [0.05, 0.1) is 13.7 Å². The fourth-order valence-corrected chi connectivity index (χ4v) is 4.46. The summed E-state index contributed by atoms with van der Waals surface area (Å²) < 4.78 is 5.11. The van der Waals surface area contributed by atoms with Crippen molar-refractivity contribution in [1.82, 2.24) is 15.5 Å². The van der Waals surface area contributed by atoms with Gasteiger partial charge in [0.15, 0.2) is 17.5 Å². The van der Waals surface area contributed by atoms with Gasteiger partial charge in [-0.15, -0.1) is 24.0 Å². The molecule has 0 amide bonds. The highest BCUT2D eigenvalue weighted by Gasteiger charge is 2.30. The molecule has 2 unspecified atom stereocenters. The molecule has 3 rings (SSSR count). The molecule has 0 bridgehead atoms. The van der Waals surface area contributed by atoms with Gasteiger partial charge in [0.25, 0.3) is 0 Å². The molecular weight excluding hydrogens is 539 g/mol. The van der Waals surface area contributed by atoms with Crippen molar-refractivity contribution in [3.8, 4) is 11.5 Å². The van der Waals surface area contributed by atoms with E-state index in [9.17, 15) is 5.11 Å². The number of benzene rings is 2. The minimum atomic E-state index is 0. The van der Waals surface area contributed by atoms with Crippen LogP contribution in [0.3, 0.4) is 0 Å². The molecule has 8 heteroatoms. The summed E-state index contributed by atoms with van der Waals surface area (Å²) in [5.41, 5.74) is 2.18. The summed E-state index contributed by atoms with van der Waals surface area (Å²) in [4.78, 5) is 7.13. The number of ether oxygens (including phenoxy) is 1. The Morgan fingerprint density at radius 3 is 2.75 bits per heavy atom. The van der Waals surface area contributed by atoms with Crippen molar-refractivity contribution >= 4 is 41.5 Å². The van der Waals surface area contributed by atoms with Crippen LogP contribution in [0.4, 0.5) is 0 Å². The molecule has 1 saturated heterocycles. The SMILES string of the molecule is CCNC(=NCc1ccc(OC)c(O)c1)NCC1CCCN(C)C1c1cccc(Cl)c1.I. The average Bonchev–Trinajstić information content (AvgIpc) is 2.75. The topological polar surface area (TPSA) is 69.1 Å². The van der Waals surface area contributed by atoms with Gasteiger partial charge in [-0.3, -0.25) is 4.90 Å². The Bertz CT molecular complexity index is 896. The van der Waals surface area contributed by atoms with Crippen LogP contribution in [0.5, 0.6) is 11.5 Å². The van der Waals surface area contributed by atoms with Gasteiger partial charge in [-0.25, -0.2) is 4.99 Å². The van der Waals surface area contributed by atoms with Crippen LogP contribution in [-0.4, -0.2) is 49.8 Å². The number of halogens is 2. The minimum absolute atomic E-state index is 0. The predicted molar refractivity (Wildman–Crippen MR) is 142 cm³/mol. The summed E-state index contributed by atoms with van der Waals surface area (Å²) in [7, 11) is 3.73. The Labute approximate surface area is 213 Å². The molecule has 0 aliphatic carbocycles. The van der Waals surface area contributed by atoms with Crippen molar-refractivity contribution in [2.45, 2.75) is 32.4 Å². The summed E-state index contributed by atoms with van der Waals surface area (Å²) in [6, 6.07) is 13.9. The van der Waals surface area contributed by atoms with Gasteiger partial charge in [-0.1, -0.05) is 29.8 Å². The largest absolute Gasteiger partial charge is 0.504 e. The van der Waals surface area contributed by atoms with E-state index in [-0.39, 0.29) is 29.7 Å². The standard InChI is InChI=1S/C24H33ClN4O2.HI/c1-4-26-24(27-15-17-10-11-22(31-3)21(30)13-17)28-16-19-8-6-12-29(2)23(19)18-7-5-9-20(25)14-18;/h5,7,9-11,13-14,19,23,30H,4,6,8,12,15-16H2,1-3H3,(H2,26,27,28);1H. The Balaban J connectivity index is 0.00000363. The number of guanidine groups is 1. The van der Waals surface area contributed by atoms with Crippen LogP contribution in [0.2, 0.25) is 5.02 Å². The lowest BCUT2D eigenvalue weighted by Crippen LogP contribution is -2.45. The maximum absolute atomic E-state index is 10.00. The molecule has 0 aromatic heterocycles. The van der Waals surface area contributed by atoms with Gasteiger partial charge in [0.2, 0.25) is 0 Å². The third-order valence-corrected chi connectivity index (χ3v) is 5.97. The molecule has 2 aromatic carbocycles. The van der Waals surface area contributed by atoms with Crippen molar-refractivity contribution in [2.75, 3.05) is 33.8 Å². The first-order chi connectivity index (χ1) is 15.0. The highest BCUT2D eigenvalue weighted by Crippen LogP contribution is 2.35. The number of rotatable bonds is 7. The van der Waals surface area contributed by atoms with E-state index in [1.807, 2.05) is 18.2 Å². The Kier molecular flexibility index (Phi) is 10.9. The molecule has 3 N–H and O–H groups in total. The monoisotopic (exact) mass is 572 g/mol. The number of nitrogens with one attached hydrogen (secondary N) is 2. The van der Waals surface area contributed by atoms with Crippen LogP contribution in [0.1, 0.15) is 36.9 Å². The number of phenolic OH excluding ortho intramolecular Hbond substituents is 1. The van der Waals surface area contributed by atoms with Crippen LogP contribution >= 0.6 is 35.6 Å². The normalized spacial score (nSPS) is 19.2. The fourth-order valence-electron chi connectivity index (χ4n) is 4.26. The first-order valence-corrected chi connectivity index (χ1v) is 11.2. The van der Waals surface area contributed by atoms with Crippen LogP contribution < -0.4 is 15.4 Å². The molecule has 2 atom stereocenters. The van der Waals surface area contributed by atoms with Gasteiger partial charge in [-0.05, 0) is 74.7 Å². The van der Waals surface area contributed by atoms with E-state index in [0.717, 1.165) is 42.6 Å². The zero-order valence-corrected chi connectivity index (χ0v) is 22.1. The lowest BCUT2D eigenvalue weighted by atomic mass is 9.85. The number of hydrogen-bond acceptors (Lipinski definition) is 4. The third-order valence-electron chi connectivity index (χ3n) is 5.74. The molecule has 1 fully saturated rings. The highest BCUT2D eigenvalue weighted by atomic mass is 127. The highest BCUT2D eigenvalue weighted by molar-refractivity contribution is 14.0. The van der Waals surface area contributed by atoms with E-state index in [4.69, 9.17) is 21.3 Å². The van der Waals surface area contributed by atoms with Gasteiger partial charge >= 0.3 is 0 Å². The Morgan fingerprint density at radius 2 is 2.06 bits per heavy atom. The van der Waals surface area contributed by atoms with E-state index in [2.05, 4.69) is 41.6 Å². The molecule has 176 valence electrons. The quantitative estimate of drug-likeness (QED) is 0.252. The summed E-state index contributed by atoms with van der Waals surface area (Å²) in [6.07, 6.45) is 2.33. The molecule has 0 radical (unpaired) electrons. The summed E-state index contributed by atoms with van der Waals surface area (Å²) in [6.45, 7) is 5.21. The minimum Gasteiger partial charge on any atom is -0.504 e. The summed E-state index contributed by atoms with van der Waals surface area (Å²) >= 11 is 6.27. The fraction of sp³-hybridized carbons (Fsp3) is 0.458. The van der Waals surface area contributed by atoms with Crippen molar-refractivity contribution < 1.29 is 9.84 Å². The first kappa shape index (κ1) is 26.5. The second-order valence-corrected chi connectivity index (χ2v) is 8.40. The van der Waals surface area contributed by atoms with E-state index < -0.39 is 0 Å². The third kappa shape index (κ3) is 7.15. The smallest absolute Gasteiger partial charge is 0.191 e. The van der Waals surface area contributed by atoms with Crippen LogP contribution in [0.15, 0.2) is 47.5 Å². The van der Waals surface area contributed by atoms with Crippen LogP contribution in [-0.2, 0) is 6.54 Å². The molecule has 0 saturated carbocycles. The molecule has 32 heavy (non-hydrogen) atoms. The van der Waals surface area contributed by atoms with E-state index in [1.54, 1.807) is 19.2 Å². The summed E-state index contributed by atoms with van der Waals surface area (Å²) in [5, 5.41) is 17.6. The molecule has 6 nitrogen and oxygen atoms in total. The van der Waals surface area contributed by atoms with Crippen LogP contribution in [0, 0.1) is 5.92 Å². The number of hydrogen-bond donors (Lipinski definition) is 3. The van der Waals surface area contributed by atoms with Gasteiger partial charge < -0.3 is 20.5 Å². The lowest BCUT2D eigenvalue weighted by Gasteiger charge is -2.40. The number of aliphatic imine (C=N–C) groups is 1. The zero-order chi connectivity index (χ0) is 22.2. The first-order valence-electron chi connectivity index (χ1n) is 10.9. The molecule has 1 heterocycles. The number of methoxy groups -OCH3 is 1. The van der Waals surface area contributed by atoms with E-state index in [0.29, 0.717) is 24.3 Å². The molecule has 2 aromatic rings. The zero-order valence-electron chi connectivity index (χ0n) is 19.0. The Hall–Kier alpha value is -1.71. The number of likely N-dealkylation sites (tertiary alicyclic amines) is 1. The molecular formula is C24H34ClIN4O2. The number of piperidine rings is 1. The lowest BCUT2D eigenvalue weighted by molar-refractivity contribution is 0.122. The van der Waals surface area contributed by atoms with Crippen molar-refractivity contribution in [1.29, 1.82) is 0 Å². The van der Waals surface area contributed by atoms with Gasteiger partial charge in [0.1, 0.15) is 0 Å². The van der Waals surface area contributed by atoms with Crippen molar-refractivity contribution in [2.24, 2.45) is 10.9 Å². The second-order valence-electron chi connectivity index (χ2n) is 7.97. The Morgan fingerprint density at radius 1 is 1.25 bits per heavy atom. The second kappa shape index (κ2) is 13.1.